The average molecular weight is 394 g/mol. The second kappa shape index (κ2) is 7.72. The molecule has 1 amide bonds. The first-order valence-electron chi connectivity index (χ1n) is 7.24. The average Bonchev–Trinajstić information content (AvgIpc) is 3.00. The summed E-state index contributed by atoms with van der Waals surface area (Å²) >= 11 is 4.98. The van der Waals surface area contributed by atoms with Gasteiger partial charge in [0.25, 0.3) is 0 Å². The number of carbonyl (C=O) groups is 1. The number of pyridine rings is 1. The van der Waals surface area contributed by atoms with Gasteiger partial charge in [0.05, 0.1) is 22.7 Å². The second-order valence-corrected chi connectivity index (χ2v) is 7.43. The lowest BCUT2D eigenvalue weighted by Crippen LogP contribution is -2.37. The second-order valence-electron chi connectivity index (χ2n) is 4.94. The molecule has 120 valence electrons. The minimum Gasteiger partial charge on any atom is -0.378 e. The van der Waals surface area contributed by atoms with Crippen LogP contribution in [0, 0.1) is 0 Å². The third kappa shape index (κ3) is 4.40. The van der Waals surface area contributed by atoms with Crippen LogP contribution < -0.4 is 10.2 Å². The largest absolute Gasteiger partial charge is 0.378 e. The van der Waals surface area contributed by atoms with Crippen molar-refractivity contribution in [3.63, 3.8) is 0 Å². The van der Waals surface area contributed by atoms with Gasteiger partial charge in [-0.1, -0.05) is 0 Å². The van der Waals surface area contributed by atoms with Gasteiger partial charge in [0.2, 0.25) is 5.91 Å². The molecule has 0 unspecified atom stereocenters. The van der Waals surface area contributed by atoms with Gasteiger partial charge in [0, 0.05) is 30.2 Å². The highest BCUT2D eigenvalue weighted by Gasteiger charge is 2.16. The van der Waals surface area contributed by atoms with Gasteiger partial charge in [-0.25, -0.2) is 4.98 Å². The van der Waals surface area contributed by atoms with Crippen LogP contribution in [0.15, 0.2) is 40.3 Å². The first-order chi connectivity index (χ1) is 11.2. The fourth-order valence-corrected chi connectivity index (χ4v) is 3.60. The van der Waals surface area contributed by atoms with Crippen molar-refractivity contribution in [2.75, 3.05) is 36.5 Å². The maximum Gasteiger partial charge on any atom is 0.248 e. The molecule has 23 heavy (non-hydrogen) atoms. The number of rotatable bonds is 4. The molecule has 5 nitrogen and oxygen atoms in total. The molecule has 1 aliphatic heterocycles. The number of carbonyl (C=O) groups excluding carboxylic acids is 1. The van der Waals surface area contributed by atoms with Gasteiger partial charge in [-0.3, -0.25) is 4.79 Å². The highest BCUT2D eigenvalue weighted by molar-refractivity contribution is 9.11. The lowest BCUT2D eigenvalue weighted by molar-refractivity contribution is -0.111. The molecule has 0 aliphatic carbocycles. The molecule has 7 heteroatoms. The van der Waals surface area contributed by atoms with Crippen molar-refractivity contribution in [1.82, 2.24) is 4.98 Å². The highest BCUT2D eigenvalue weighted by atomic mass is 79.9. The summed E-state index contributed by atoms with van der Waals surface area (Å²) in [5.74, 6) is 0.619. The Balaban J connectivity index is 1.69. The van der Waals surface area contributed by atoms with Crippen molar-refractivity contribution in [3.8, 4) is 0 Å². The molecule has 0 spiro atoms. The van der Waals surface area contributed by atoms with E-state index >= 15 is 0 Å². The Kier molecular flexibility index (Phi) is 5.43. The third-order valence-corrected chi connectivity index (χ3v) is 4.94. The molecule has 1 aliphatic rings. The number of anilines is 2. The van der Waals surface area contributed by atoms with Gasteiger partial charge in [0.15, 0.2) is 5.82 Å². The van der Waals surface area contributed by atoms with E-state index in [1.54, 1.807) is 23.6 Å². The summed E-state index contributed by atoms with van der Waals surface area (Å²) < 4.78 is 6.40. The lowest BCUT2D eigenvalue weighted by atomic mass is 10.3. The number of amides is 1. The highest BCUT2D eigenvalue weighted by Crippen LogP contribution is 2.25. The molecular formula is C16H16BrN3O2S. The SMILES string of the molecule is O=C(C=Cc1ccc(Br)s1)Nc1cccnc1N1CCOCC1. The number of halogens is 1. The zero-order chi connectivity index (χ0) is 16.1. The van der Waals surface area contributed by atoms with E-state index in [1.807, 2.05) is 24.3 Å². The molecule has 2 aromatic rings. The Bertz CT molecular complexity index is 711. The van der Waals surface area contributed by atoms with Crippen LogP contribution in [0.5, 0.6) is 0 Å². The Morgan fingerprint density at radius 2 is 2.17 bits per heavy atom. The first kappa shape index (κ1) is 16.2. The number of nitrogens with zero attached hydrogens (tertiary/aromatic N) is 2. The van der Waals surface area contributed by atoms with Crippen molar-refractivity contribution in [2.45, 2.75) is 0 Å². The normalized spacial score (nSPS) is 15.1. The van der Waals surface area contributed by atoms with Crippen molar-refractivity contribution >= 4 is 50.8 Å². The maximum atomic E-state index is 12.2. The molecule has 3 rings (SSSR count). The van der Waals surface area contributed by atoms with E-state index in [0.29, 0.717) is 13.2 Å². The number of hydrogen-bond acceptors (Lipinski definition) is 5. The van der Waals surface area contributed by atoms with E-state index in [0.717, 1.165) is 33.3 Å². The number of aromatic nitrogens is 1. The zero-order valence-corrected chi connectivity index (χ0v) is 14.8. The minimum atomic E-state index is -0.169. The van der Waals surface area contributed by atoms with Gasteiger partial charge in [-0.05, 0) is 46.3 Å². The summed E-state index contributed by atoms with van der Waals surface area (Å²) in [6.45, 7) is 2.91. The summed E-state index contributed by atoms with van der Waals surface area (Å²) in [5.41, 5.74) is 0.719. The monoisotopic (exact) mass is 393 g/mol. The smallest absolute Gasteiger partial charge is 0.248 e. The van der Waals surface area contributed by atoms with Crippen molar-refractivity contribution in [2.24, 2.45) is 0 Å². The van der Waals surface area contributed by atoms with Crippen LogP contribution in [-0.4, -0.2) is 37.2 Å². The van der Waals surface area contributed by atoms with Gasteiger partial charge in [-0.15, -0.1) is 11.3 Å². The standard InChI is InChI=1S/C16H16BrN3O2S/c17-14-5-3-12(23-14)4-6-15(21)19-13-2-1-7-18-16(13)20-8-10-22-11-9-20/h1-7H,8-11H2,(H,19,21). The Morgan fingerprint density at radius 3 is 2.91 bits per heavy atom. The third-order valence-electron chi connectivity index (χ3n) is 3.35. The quantitative estimate of drug-likeness (QED) is 0.808. The predicted octanol–water partition coefficient (Wildman–Crippen LogP) is 3.39. The summed E-state index contributed by atoms with van der Waals surface area (Å²) in [7, 11) is 0. The van der Waals surface area contributed by atoms with Crippen LogP contribution in [0.25, 0.3) is 6.08 Å². The molecule has 0 bridgehead atoms. The summed E-state index contributed by atoms with van der Waals surface area (Å²) in [5, 5.41) is 2.91. The van der Waals surface area contributed by atoms with Crippen molar-refractivity contribution in [3.05, 3.63) is 45.2 Å². The van der Waals surface area contributed by atoms with Crippen molar-refractivity contribution < 1.29 is 9.53 Å². The first-order valence-corrected chi connectivity index (χ1v) is 8.85. The zero-order valence-electron chi connectivity index (χ0n) is 12.4. The van der Waals surface area contributed by atoms with E-state index in [9.17, 15) is 4.79 Å². The van der Waals surface area contributed by atoms with Crippen molar-refractivity contribution in [1.29, 1.82) is 0 Å². The van der Waals surface area contributed by atoms with E-state index in [4.69, 9.17) is 4.74 Å². The van der Waals surface area contributed by atoms with Crippen LogP contribution in [0.1, 0.15) is 4.88 Å². The van der Waals surface area contributed by atoms with Crippen LogP contribution in [0.4, 0.5) is 11.5 Å². The van der Waals surface area contributed by atoms with E-state index < -0.39 is 0 Å². The number of nitrogens with one attached hydrogen (secondary N) is 1. The Morgan fingerprint density at radius 1 is 1.35 bits per heavy atom. The maximum absolute atomic E-state index is 12.2. The molecule has 0 radical (unpaired) electrons. The molecule has 1 saturated heterocycles. The molecule has 1 N–H and O–H groups in total. The summed E-state index contributed by atoms with van der Waals surface area (Å²) in [6, 6.07) is 7.60. The molecule has 0 aromatic carbocycles. The van der Waals surface area contributed by atoms with E-state index in [2.05, 4.69) is 31.1 Å². The van der Waals surface area contributed by atoms with E-state index in [1.165, 1.54) is 6.08 Å². The molecule has 2 aromatic heterocycles. The molecule has 1 fully saturated rings. The summed E-state index contributed by atoms with van der Waals surface area (Å²) in [4.78, 5) is 19.7. The van der Waals surface area contributed by atoms with Crippen LogP contribution >= 0.6 is 27.3 Å². The topological polar surface area (TPSA) is 54.5 Å². The van der Waals surface area contributed by atoms with Gasteiger partial charge >= 0.3 is 0 Å². The Labute approximate surface area is 147 Å². The fraction of sp³-hybridized carbons (Fsp3) is 0.250. The molecule has 3 heterocycles. The molecular weight excluding hydrogens is 378 g/mol. The Hall–Kier alpha value is -1.70. The van der Waals surface area contributed by atoms with Gasteiger partial charge in [0.1, 0.15) is 0 Å². The summed E-state index contributed by atoms with van der Waals surface area (Å²) in [6.07, 6.45) is 5.07. The number of morpholine rings is 1. The number of hydrogen-bond donors (Lipinski definition) is 1. The van der Waals surface area contributed by atoms with Gasteiger partial charge < -0.3 is 15.0 Å². The van der Waals surface area contributed by atoms with E-state index in [-0.39, 0.29) is 5.91 Å². The lowest BCUT2D eigenvalue weighted by Gasteiger charge is -2.29. The predicted molar refractivity (Wildman–Crippen MR) is 97.0 cm³/mol. The van der Waals surface area contributed by atoms with Crippen LogP contribution in [-0.2, 0) is 9.53 Å². The van der Waals surface area contributed by atoms with Crippen LogP contribution in [0.3, 0.4) is 0 Å². The number of ether oxygens (including phenoxy) is 1. The molecule has 0 atom stereocenters. The molecule has 0 saturated carbocycles. The number of thiophene rings is 1. The van der Waals surface area contributed by atoms with Crippen LogP contribution in [0.2, 0.25) is 0 Å². The minimum absolute atomic E-state index is 0.169. The fourth-order valence-electron chi connectivity index (χ4n) is 2.27. The van der Waals surface area contributed by atoms with Gasteiger partial charge in [-0.2, -0.15) is 0 Å².